The number of benzene rings is 2. The molecule has 0 aliphatic heterocycles. The molecule has 1 amide bonds. The van der Waals surface area contributed by atoms with Gasteiger partial charge < -0.3 is 20.4 Å². The highest BCUT2D eigenvalue weighted by Crippen LogP contribution is 2.24. The van der Waals surface area contributed by atoms with Gasteiger partial charge in [-0.15, -0.1) is 0 Å². The molecule has 0 radical (unpaired) electrons. The van der Waals surface area contributed by atoms with E-state index in [1.165, 1.54) is 0 Å². The quantitative estimate of drug-likeness (QED) is 0.151. The summed E-state index contributed by atoms with van der Waals surface area (Å²) in [7, 11) is 1.93. The van der Waals surface area contributed by atoms with Gasteiger partial charge in [-0.3, -0.25) is 19.9 Å². The summed E-state index contributed by atoms with van der Waals surface area (Å²) in [5.41, 5.74) is 9.09. The van der Waals surface area contributed by atoms with Crippen molar-refractivity contribution in [3.05, 3.63) is 83.8 Å². The minimum Gasteiger partial charge on any atom is -0.466 e. The first-order valence-electron chi connectivity index (χ1n) is 12.9. The van der Waals surface area contributed by atoms with E-state index in [1.54, 1.807) is 54.4 Å². The van der Waals surface area contributed by atoms with Gasteiger partial charge in [-0.2, -0.15) is 0 Å². The number of esters is 1. The van der Waals surface area contributed by atoms with Crippen molar-refractivity contribution >= 4 is 40.3 Å². The van der Waals surface area contributed by atoms with Crippen LogP contribution in [-0.2, 0) is 23.1 Å². The van der Waals surface area contributed by atoms with Gasteiger partial charge in [-0.1, -0.05) is 13.0 Å². The van der Waals surface area contributed by atoms with Crippen LogP contribution in [0.5, 0.6) is 0 Å². The molecule has 4 rings (SSSR count). The van der Waals surface area contributed by atoms with Crippen molar-refractivity contribution in [2.75, 3.05) is 16.8 Å². The average molecular weight is 528 g/mol. The summed E-state index contributed by atoms with van der Waals surface area (Å²) in [5.74, 6) is 0.671. The van der Waals surface area contributed by atoms with Crippen LogP contribution in [0.25, 0.3) is 11.0 Å². The normalized spacial score (nSPS) is 11.7. The van der Waals surface area contributed by atoms with Crippen molar-refractivity contribution in [1.82, 2.24) is 14.5 Å². The number of imidazole rings is 1. The first-order valence-corrected chi connectivity index (χ1v) is 12.9. The fourth-order valence-corrected chi connectivity index (χ4v) is 4.41. The van der Waals surface area contributed by atoms with Crippen LogP contribution in [-0.4, -0.2) is 44.9 Å². The summed E-state index contributed by atoms with van der Waals surface area (Å²) >= 11 is 0. The second-order valence-electron chi connectivity index (χ2n) is 9.07. The number of ether oxygens (including phenoxy) is 1. The molecule has 10 heteroatoms. The summed E-state index contributed by atoms with van der Waals surface area (Å²) in [6.07, 6.45) is 2.25. The molecule has 2 aromatic heterocycles. The fourth-order valence-electron chi connectivity index (χ4n) is 4.41. The Labute approximate surface area is 227 Å². The molecule has 10 nitrogen and oxygen atoms in total. The number of nitrogens with one attached hydrogen (secondary N) is 2. The van der Waals surface area contributed by atoms with Crippen molar-refractivity contribution in [3.8, 4) is 0 Å². The van der Waals surface area contributed by atoms with E-state index < -0.39 is 6.04 Å². The predicted octanol–water partition coefficient (Wildman–Crippen LogP) is 4.24. The molecular weight excluding hydrogens is 494 g/mol. The third kappa shape index (κ3) is 6.23. The Balaban J connectivity index is 1.60. The molecule has 0 saturated heterocycles. The van der Waals surface area contributed by atoms with E-state index in [4.69, 9.17) is 20.9 Å². The number of aromatic nitrogens is 3. The minimum atomic E-state index is -0.417. The van der Waals surface area contributed by atoms with Gasteiger partial charge in [0.15, 0.2) is 0 Å². The molecule has 0 bridgehead atoms. The first kappa shape index (κ1) is 27.3. The number of nitrogens with zero attached hydrogens (tertiary/aromatic N) is 4. The number of anilines is 2. The lowest BCUT2D eigenvalue weighted by Gasteiger charge is -2.30. The van der Waals surface area contributed by atoms with Gasteiger partial charge in [0.05, 0.1) is 30.6 Å². The lowest BCUT2D eigenvalue weighted by atomic mass is 10.1. The number of nitrogens with two attached hydrogens (primary N) is 1. The SMILES string of the molecule is CCOC(=O)CC(CC)N(C(=O)c1ccc2c(c1)nc(CNc1ccc(C(=N)N)cc1)n2C)c1ccccn1. The topological polar surface area (TPSA) is 139 Å². The number of aryl methyl sites for hydroxylation is 1. The van der Waals surface area contributed by atoms with Gasteiger partial charge >= 0.3 is 5.97 Å². The summed E-state index contributed by atoms with van der Waals surface area (Å²) in [4.78, 5) is 36.9. The molecule has 1 unspecified atom stereocenters. The third-order valence-corrected chi connectivity index (χ3v) is 6.53. The number of pyridine rings is 1. The Morgan fingerprint density at radius 3 is 2.49 bits per heavy atom. The number of amidine groups is 1. The number of nitrogen functional groups attached to an aromatic ring is 1. The summed E-state index contributed by atoms with van der Waals surface area (Å²) in [5, 5.41) is 10.9. The molecule has 39 heavy (non-hydrogen) atoms. The fraction of sp³-hybridized carbons (Fsp3) is 0.276. The van der Waals surface area contributed by atoms with Crippen molar-refractivity contribution in [2.24, 2.45) is 12.8 Å². The molecule has 4 aromatic rings. The van der Waals surface area contributed by atoms with Gasteiger partial charge in [0, 0.05) is 36.1 Å². The van der Waals surface area contributed by atoms with E-state index in [9.17, 15) is 9.59 Å². The summed E-state index contributed by atoms with van der Waals surface area (Å²) in [6, 6.07) is 17.7. The van der Waals surface area contributed by atoms with Crippen LogP contribution < -0.4 is 16.0 Å². The number of carbonyl (C=O) groups excluding carboxylic acids is 2. The minimum absolute atomic E-state index is 0.0232. The third-order valence-electron chi connectivity index (χ3n) is 6.53. The Morgan fingerprint density at radius 2 is 1.85 bits per heavy atom. The molecule has 0 aliphatic rings. The van der Waals surface area contributed by atoms with E-state index in [0.717, 1.165) is 17.0 Å². The van der Waals surface area contributed by atoms with Crippen LogP contribution in [0.15, 0.2) is 66.9 Å². The van der Waals surface area contributed by atoms with Crippen LogP contribution in [0.4, 0.5) is 11.5 Å². The van der Waals surface area contributed by atoms with Gasteiger partial charge in [-0.25, -0.2) is 9.97 Å². The summed E-state index contributed by atoms with van der Waals surface area (Å²) in [6.45, 7) is 4.44. The van der Waals surface area contributed by atoms with Crippen LogP contribution >= 0.6 is 0 Å². The van der Waals surface area contributed by atoms with Gasteiger partial charge in [-0.05, 0) is 67.9 Å². The molecular formula is C29H33N7O3. The molecule has 0 fully saturated rings. The highest BCUT2D eigenvalue weighted by atomic mass is 16.5. The maximum atomic E-state index is 13.9. The van der Waals surface area contributed by atoms with Crippen LogP contribution in [0.2, 0.25) is 0 Å². The van der Waals surface area contributed by atoms with E-state index >= 15 is 0 Å². The van der Waals surface area contributed by atoms with E-state index in [-0.39, 0.29) is 30.7 Å². The van der Waals surface area contributed by atoms with Crippen LogP contribution in [0.3, 0.4) is 0 Å². The largest absolute Gasteiger partial charge is 0.466 e. The lowest BCUT2D eigenvalue weighted by molar-refractivity contribution is -0.143. The number of fused-ring (bicyclic) bond motifs is 1. The number of amides is 1. The Bertz CT molecular complexity index is 1470. The molecule has 1 atom stereocenters. The second-order valence-corrected chi connectivity index (χ2v) is 9.07. The van der Waals surface area contributed by atoms with Crippen molar-refractivity contribution in [2.45, 2.75) is 39.3 Å². The van der Waals surface area contributed by atoms with Gasteiger partial charge in [0.1, 0.15) is 17.5 Å². The number of carbonyl (C=O) groups is 2. The molecule has 202 valence electrons. The lowest BCUT2D eigenvalue weighted by Crippen LogP contribution is -2.42. The smallest absolute Gasteiger partial charge is 0.307 e. The molecule has 0 aliphatic carbocycles. The molecule has 2 heterocycles. The second kappa shape index (κ2) is 12.2. The Kier molecular flexibility index (Phi) is 8.55. The molecule has 0 spiro atoms. The van der Waals surface area contributed by atoms with E-state index in [0.29, 0.717) is 35.4 Å². The van der Waals surface area contributed by atoms with E-state index in [2.05, 4.69) is 10.3 Å². The first-order chi connectivity index (χ1) is 18.8. The summed E-state index contributed by atoms with van der Waals surface area (Å²) < 4.78 is 7.14. The maximum absolute atomic E-state index is 13.9. The van der Waals surface area contributed by atoms with Crippen LogP contribution in [0.1, 0.15) is 48.4 Å². The molecule has 0 saturated carbocycles. The standard InChI is InChI=1S/C29H33N7O3/c1-4-22(17-27(37)39-5-2)36(25-8-6-7-15-32-25)29(38)20-11-14-24-23(16-20)34-26(35(24)3)18-33-21-12-9-19(10-13-21)28(30)31/h6-16,22,33H,4-5,17-18H2,1-3H3,(H3,30,31). The number of hydrogen-bond donors (Lipinski definition) is 3. The van der Waals surface area contributed by atoms with Crippen LogP contribution in [0, 0.1) is 5.41 Å². The van der Waals surface area contributed by atoms with Crippen molar-refractivity contribution in [1.29, 1.82) is 5.41 Å². The molecule has 2 aromatic carbocycles. The predicted molar refractivity (Wildman–Crippen MR) is 152 cm³/mol. The van der Waals surface area contributed by atoms with Crippen molar-refractivity contribution < 1.29 is 14.3 Å². The number of hydrogen-bond acceptors (Lipinski definition) is 7. The number of rotatable bonds is 11. The Hall–Kier alpha value is -4.73. The van der Waals surface area contributed by atoms with E-state index in [1.807, 2.05) is 42.8 Å². The van der Waals surface area contributed by atoms with Gasteiger partial charge in [0.2, 0.25) is 0 Å². The molecule has 4 N–H and O–H groups in total. The highest BCUT2D eigenvalue weighted by molar-refractivity contribution is 6.07. The van der Waals surface area contributed by atoms with Gasteiger partial charge in [0.25, 0.3) is 5.91 Å². The zero-order valence-electron chi connectivity index (χ0n) is 22.3. The Morgan fingerprint density at radius 1 is 1.10 bits per heavy atom. The highest BCUT2D eigenvalue weighted by Gasteiger charge is 2.29. The van der Waals surface area contributed by atoms with Crippen molar-refractivity contribution in [3.63, 3.8) is 0 Å². The zero-order chi connectivity index (χ0) is 27.9. The maximum Gasteiger partial charge on any atom is 0.307 e. The monoisotopic (exact) mass is 527 g/mol. The average Bonchev–Trinajstić information content (AvgIpc) is 3.26. The zero-order valence-corrected chi connectivity index (χ0v) is 22.3.